The van der Waals surface area contributed by atoms with Crippen molar-refractivity contribution in [2.75, 3.05) is 44.2 Å². The largest absolute Gasteiger partial charge is 0.351 e. The standard InChI is InChI=1S/C26H27N7OS/c34-24(27-13-14-31-15-17-32(18-16-31)26-28-11-5-12-29-26)10-9-21-20-33(22-6-2-1-3-7-22)30-25(21)23-8-4-19-35-23/h1-12,19-20H,13-18H2,(H,27,34). The predicted molar refractivity (Wildman–Crippen MR) is 140 cm³/mol. The molecule has 8 nitrogen and oxygen atoms in total. The van der Waals surface area contributed by atoms with Crippen molar-refractivity contribution in [3.05, 3.63) is 84.1 Å². The molecule has 1 aromatic carbocycles. The fourth-order valence-corrected chi connectivity index (χ4v) is 4.75. The zero-order valence-corrected chi connectivity index (χ0v) is 20.1. The van der Waals surface area contributed by atoms with E-state index in [9.17, 15) is 4.79 Å². The van der Waals surface area contributed by atoms with Crippen molar-refractivity contribution in [3.63, 3.8) is 0 Å². The number of hydrogen-bond acceptors (Lipinski definition) is 7. The quantitative estimate of drug-likeness (QED) is 0.386. The predicted octanol–water partition coefficient (Wildman–Crippen LogP) is 3.34. The number of nitrogens with zero attached hydrogens (tertiary/aromatic N) is 6. The Morgan fingerprint density at radius 1 is 1.00 bits per heavy atom. The molecule has 1 saturated heterocycles. The summed E-state index contributed by atoms with van der Waals surface area (Å²) in [4.78, 5) is 26.8. The Morgan fingerprint density at radius 2 is 1.80 bits per heavy atom. The molecule has 4 aromatic rings. The zero-order chi connectivity index (χ0) is 23.9. The molecule has 35 heavy (non-hydrogen) atoms. The van der Waals surface area contributed by atoms with E-state index in [0.29, 0.717) is 6.54 Å². The highest BCUT2D eigenvalue weighted by atomic mass is 32.1. The molecule has 1 amide bonds. The summed E-state index contributed by atoms with van der Waals surface area (Å²) in [6, 6.07) is 15.9. The van der Waals surface area contributed by atoms with Gasteiger partial charge in [0.2, 0.25) is 11.9 Å². The number of amides is 1. The number of nitrogens with one attached hydrogen (secondary N) is 1. The van der Waals surface area contributed by atoms with Gasteiger partial charge in [0.05, 0.1) is 10.6 Å². The molecule has 4 heterocycles. The monoisotopic (exact) mass is 485 g/mol. The van der Waals surface area contributed by atoms with Gasteiger partial charge in [-0.2, -0.15) is 5.10 Å². The van der Waals surface area contributed by atoms with Gasteiger partial charge in [-0.3, -0.25) is 9.69 Å². The Kier molecular flexibility index (Phi) is 7.26. The molecule has 0 radical (unpaired) electrons. The van der Waals surface area contributed by atoms with Gasteiger partial charge in [-0.1, -0.05) is 24.3 Å². The van der Waals surface area contributed by atoms with Gasteiger partial charge < -0.3 is 10.2 Å². The van der Waals surface area contributed by atoms with Gasteiger partial charge in [-0.15, -0.1) is 11.3 Å². The van der Waals surface area contributed by atoms with E-state index in [1.807, 2.05) is 70.9 Å². The summed E-state index contributed by atoms with van der Waals surface area (Å²) in [7, 11) is 0. The number of piperazine rings is 1. The number of rotatable bonds is 8. The molecule has 3 aromatic heterocycles. The highest BCUT2D eigenvalue weighted by Crippen LogP contribution is 2.28. The highest BCUT2D eigenvalue weighted by Gasteiger charge is 2.18. The second-order valence-corrected chi connectivity index (χ2v) is 9.14. The lowest BCUT2D eigenvalue weighted by atomic mass is 10.2. The molecule has 0 saturated carbocycles. The second kappa shape index (κ2) is 11.1. The first-order chi connectivity index (χ1) is 17.3. The molecule has 1 fully saturated rings. The lowest BCUT2D eigenvalue weighted by molar-refractivity contribution is -0.116. The van der Waals surface area contributed by atoms with Gasteiger partial charge in [0.15, 0.2) is 0 Å². The van der Waals surface area contributed by atoms with Gasteiger partial charge in [-0.05, 0) is 35.7 Å². The van der Waals surface area contributed by atoms with Crippen molar-refractivity contribution in [1.82, 2.24) is 30.0 Å². The summed E-state index contributed by atoms with van der Waals surface area (Å²) in [6.07, 6.45) is 8.94. The topological polar surface area (TPSA) is 79.2 Å². The number of carbonyl (C=O) groups is 1. The van der Waals surface area contributed by atoms with Crippen LogP contribution >= 0.6 is 11.3 Å². The fraction of sp³-hybridized carbons (Fsp3) is 0.231. The molecule has 0 atom stereocenters. The van der Waals surface area contributed by atoms with Crippen molar-refractivity contribution in [3.8, 4) is 16.3 Å². The SMILES string of the molecule is O=C(C=Cc1cn(-c2ccccc2)nc1-c1cccs1)NCCN1CCN(c2ncccn2)CC1. The van der Waals surface area contributed by atoms with E-state index >= 15 is 0 Å². The van der Waals surface area contributed by atoms with Gasteiger partial charge in [-0.25, -0.2) is 14.6 Å². The van der Waals surface area contributed by atoms with Crippen LogP contribution in [0, 0.1) is 0 Å². The van der Waals surface area contributed by atoms with E-state index < -0.39 is 0 Å². The molecule has 1 N–H and O–H groups in total. The normalized spacial score (nSPS) is 14.5. The minimum Gasteiger partial charge on any atom is -0.351 e. The maximum Gasteiger partial charge on any atom is 0.244 e. The third-order valence-electron chi connectivity index (χ3n) is 5.87. The molecule has 0 spiro atoms. The summed E-state index contributed by atoms with van der Waals surface area (Å²) in [5, 5.41) is 9.81. The third-order valence-corrected chi connectivity index (χ3v) is 6.74. The number of para-hydroxylation sites is 1. The molecular formula is C26H27N7OS. The van der Waals surface area contributed by atoms with Crippen molar-refractivity contribution in [1.29, 1.82) is 0 Å². The van der Waals surface area contributed by atoms with Crippen LogP contribution in [0.3, 0.4) is 0 Å². The zero-order valence-electron chi connectivity index (χ0n) is 19.3. The number of carbonyl (C=O) groups excluding carboxylic acids is 1. The number of aromatic nitrogens is 4. The third kappa shape index (κ3) is 5.82. The van der Waals surface area contributed by atoms with Crippen molar-refractivity contribution in [2.45, 2.75) is 0 Å². The lowest BCUT2D eigenvalue weighted by Crippen LogP contribution is -2.48. The van der Waals surface area contributed by atoms with Gasteiger partial charge in [0.1, 0.15) is 5.69 Å². The lowest BCUT2D eigenvalue weighted by Gasteiger charge is -2.34. The minimum absolute atomic E-state index is 0.106. The van der Waals surface area contributed by atoms with Crippen LogP contribution in [0.5, 0.6) is 0 Å². The average Bonchev–Trinajstić information content (AvgIpc) is 3.59. The minimum atomic E-state index is -0.106. The molecule has 1 aliphatic rings. The Hall–Kier alpha value is -3.82. The van der Waals surface area contributed by atoms with Crippen LogP contribution in [0.4, 0.5) is 5.95 Å². The van der Waals surface area contributed by atoms with Crippen LogP contribution in [0.1, 0.15) is 5.56 Å². The van der Waals surface area contributed by atoms with E-state index in [-0.39, 0.29) is 5.91 Å². The van der Waals surface area contributed by atoms with E-state index in [1.54, 1.807) is 29.8 Å². The van der Waals surface area contributed by atoms with Crippen LogP contribution in [0.2, 0.25) is 0 Å². The summed E-state index contributed by atoms with van der Waals surface area (Å²) in [5.41, 5.74) is 2.76. The van der Waals surface area contributed by atoms with E-state index in [0.717, 1.165) is 60.5 Å². The van der Waals surface area contributed by atoms with E-state index in [4.69, 9.17) is 5.10 Å². The van der Waals surface area contributed by atoms with Crippen molar-refractivity contribution >= 4 is 29.3 Å². The van der Waals surface area contributed by atoms with Crippen molar-refractivity contribution < 1.29 is 4.79 Å². The Balaban J connectivity index is 1.15. The Labute approximate surface area is 208 Å². The van der Waals surface area contributed by atoms with Crippen LogP contribution < -0.4 is 10.2 Å². The van der Waals surface area contributed by atoms with Crippen LogP contribution in [0.15, 0.2) is 78.6 Å². The molecule has 0 unspecified atom stereocenters. The Morgan fingerprint density at radius 3 is 2.54 bits per heavy atom. The average molecular weight is 486 g/mol. The number of anilines is 1. The highest BCUT2D eigenvalue weighted by molar-refractivity contribution is 7.13. The first kappa shape index (κ1) is 22.9. The van der Waals surface area contributed by atoms with Crippen LogP contribution in [0.25, 0.3) is 22.3 Å². The van der Waals surface area contributed by atoms with Gasteiger partial charge in [0.25, 0.3) is 0 Å². The number of benzene rings is 1. The summed E-state index contributed by atoms with van der Waals surface area (Å²) < 4.78 is 1.85. The molecule has 9 heteroatoms. The maximum absolute atomic E-state index is 12.5. The first-order valence-electron chi connectivity index (χ1n) is 11.7. The molecule has 5 rings (SSSR count). The Bertz CT molecular complexity index is 1250. The molecule has 0 aliphatic carbocycles. The van der Waals surface area contributed by atoms with Gasteiger partial charge in [0, 0.05) is 69.5 Å². The summed E-state index contributed by atoms with van der Waals surface area (Å²) >= 11 is 1.63. The van der Waals surface area contributed by atoms with Crippen molar-refractivity contribution in [2.24, 2.45) is 0 Å². The maximum atomic E-state index is 12.5. The molecule has 178 valence electrons. The molecule has 1 aliphatic heterocycles. The van der Waals surface area contributed by atoms with E-state index in [2.05, 4.69) is 25.1 Å². The second-order valence-electron chi connectivity index (χ2n) is 8.19. The number of hydrogen-bond donors (Lipinski definition) is 1. The number of thiophene rings is 1. The smallest absolute Gasteiger partial charge is 0.244 e. The van der Waals surface area contributed by atoms with Crippen LogP contribution in [-0.2, 0) is 4.79 Å². The van der Waals surface area contributed by atoms with Gasteiger partial charge >= 0.3 is 0 Å². The first-order valence-corrected chi connectivity index (χ1v) is 12.5. The summed E-state index contributed by atoms with van der Waals surface area (Å²) in [6.45, 7) is 5.03. The molecule has 0 bridgehead atoms. The van der Waals surface area contributed by atoms with E-state index in [1.165, 1.54) is 0 Å². The fourth-order valence-electron chi connectivity index (χ4n) is 4.01. The van der Waals surface area contributed by atoms with Crippen LogP contribution in [-0.4, -0.2) is 69.8 Å². The molecular weight excluding hydrogens is 458 g/mol. The summed E-state index contributed by atoms with van der Waals surface area (Å²) in [5.74, 6) is 0.675.